The third-order valence-electron chi connectivity index (χ3n) is 10.2. The van der Waals surface area contributed by atoms with Crippen LogP contribution in [0.25, 0.3) is 76.9 Å². The van der Waals surface area contributed by atoms with Crippen molar-refractivity contribution in [1.82, 2.24) is 0 Å². The Morgan fingerprint density at radius 1 is 0.346 bits per heavy atom. The number of hydrogen-bond acceptors (Lipinski definition) is 2. The molecule has 244 valence electrons. The predicted octanol–water partition coefficient (Wildman–Crippen LogP) is 14.4. The largest absolute Gasteiger partial charge is 0.455 e. The lowest BCUT2D eigenvalue weighted by Crippen LogP contribution is -2.10. The first-order chi connectivity index (χ1) is 25.8. The SMILES string of the molecule is c1ccc(-c2cccc(-c3ccc(N(c4ccc5ccc6ccccc6c5c4)c4ccc(-c5ccccc5)c5oc6ccccc6c45)cc3)c2)cc1. The topological polar surface area (TPSA) is 16.4 Å². The van der Waals surface area contributed by atoms with E-state index in [-0.39, 0.29) is 0 Å². The maximum Gasteiger partial charge on any atom is 0.145 e. The minimum absolute atomic E-state index is 0.875. The Hall–Kier alpha value is -6.90. The van der Waals surface area contributed by atoms with Crippen molar-refractivity contribution in [1.29, 1.82) is 0 Å². The minimum atomic E-state index is 0.875. The van der Waals surface area contributed by atoms with Crippen LogP contribution < -0.4 is 4.90 Å². The van der Waals surface area contributed by atoms with Crippen molar-refractivity contribution in [2.24, 2.45) is 0 Å². The van der Waals surface area contributed by atoms with Crippen molar-refractivity contribution in [3.63, 3.8) is 0 Å². The first-order valence-electron chi connectivity index (χ1n) is 17.8. The maximum atomic E-state index is 6.73. The van der Waals surface area contributed by atoms with Gasteiger partial charge in [0.05, 0.1) is 11.1 Å². The van der Waals surface area contributed by atoms with Crippen LogP contribution >= 0.6 is 0 Å². The van der Waals surface area contributed by atoms with Crippen molar-refractivity contribution >= 4 is 60.5 Å². The number of nitrogens with zero attached hydrogens (tertiary/aromatic N) is 1. The lowest BCUT2D eigenvalue weighted by atomic mass is 9.97. The van der Waals surface area contributed by atoms with Gasteiger partial charge in [0.1, 0.15) is 11.2 Å². The third-order valence-corrected chi connectivity index (χ3v) is 10.2. The number of rotatable bonds is 6. The summed E-state index contributed by atoms with van der Waals surface area (Å²) >= 11 is 0. The molecule has 9 aromatic carbocycles. The molecule has 0 saturated heterocycles. The van der Waals surface area contributed by atoms with Crippen molar-refractivity contribution < 1.29 is 4.42 Å². The monoisotopic (exact) mass is 663 g/mol. The summed E-state index contributed by atoms with van der Waals surface area (Å²) in [6.07, 6.45) is 0. The molecule has 0 aliphatic heterocycles. The molecule has 0 saturated carbocycles. The molecule has 0 N–H and O–H groups in total. The van der Waals surface area contributed by atoms with Gasteiger partial charge in [-0.25, -0.2) is 0 Å². The smallest absolute Gasteiger partial charge is 0.145 e. The lowest BCUT2D eigenvalue weighted by molar-refractivity contribution is 0.670. The normalized spacial score (nSPS) is 11.5. The summed E-state index contributed by atoms with van der Waals surface area (Å²) in [7, 11) is 0. The molecular weight excluding hydrogens is 631 g/mol. The zero-order chi connectivity index (χ0) is 34.4. The zero-order valence-corrected chi connectivity index (χ0v) is 28.4. The summed E-state index contributed by atoms with van der Waals surface area (Å²) in [6, 6.07) is 71.6. The molecular formula is C50H33NO. The fraction of sp³-hybridized carbons (Fsp3) is 0. The van der Waals surface area contributed by atoms with Crippen molar-refractivity contribution in [3.05, 3.63) is 200 Å². The summed E-state index contributed by atoms with van der Waals surface area (Å²) < 4.78 is 6.73. The van der Waals surface area contributed by atoms with Crippen LogP contribution in [0.1, 0.15) is 0 Å². The van der Waals surface area contributed by atoms with Crippen LogP contribution in [0.3, 0.4) is 0 Å². The Balaban J connectivity index is 1.19. The molecule has 0 spiro atoms. The Morgan fingerprint density at radius 3 is 1.69 bits per heavy atom. The third kappa shape index (κ3) is 5.12. The predicted molar refractivity (Wildman–Crippen MR) is 220 cm³/mol. The number of fused-ring (bicyclic) bond motifs is 6. The van der Waals surface area contributed by atoms with Gasteiger partial charge in [-0.05, 0) is 97.9 Å². The summed E-state index contributed by atoms with van der Waals surface area (Å²) in [5.41, 5.74) is 12.0. The van der Waals surface area contributed by atoms with Gasteiger partial charge in [-0.2, -0.15) is 0 Å². The van der Waals surface area contributed by atoms with E-state index in [1.165, 1.54) is 43.8 Å². The van der Waals surface area contributed by atoms with E-state index in [9.17, 15) is 0 Å². The van der Waals surface area contributed by atoms with Gasteiger partial charge in [-0.3, -0.25) is 0 Å². The average Bonchev–Trinajstić information content (AvgIpc) is 3.62. The van der Waals surface area contributed by atoms with E-state index >= 15 is 0 Å². The standard InChI is InChI=1S/C50H33NO/c1-3-12-34(13-4-1)39-17-11-18-40(32-39)35-24-27-41(28-25-35)51(42-29-26-38-23-22-37-16-7-8-19-43(37)46(38)33-42)47-31-30-44(36-14-5-2-6-15-36)50-49(47)45-20-9-10-21-48(45)52-50/h1-33H. The van der Waals surface area contributed by atoms with Gasteiger partial charge in [-0.1, -0.05) is 152 Å². The molecule has 0 radical (unpaired) electrons. The highest BCUT2D eigenvalue weighted by Gasteiger charge is 2.22. The van der Waals surface area contributed by atoms with Crippen LogP contribution in [-0.2, 0) is 0 Å². The highest BCUT2D eigenvalue weighted by molar-refractivity contribution is 6.17. The van der Waals surface area contributed by atoms with Crippen LogP contribution in [0.15, 0.2) is 205 Å². The molecule has 1 heterocycles. The Kier molecular flexibility index (Phi) is 7.18. The van der Waals surface area contributed by atoms with E-state index in [1.807, 2.05) is 6.07 Å². The van der Waals surface area contributed by atoms with Crippen LogP contribution in [-0.4, -0.2) is 0 Å². The molecule has 0 fully saturated rings. The molecule has 0 unspecified atom stereocenters. The van der Waals surface area contributed by atoms with Gasteiger partial charge in [0.25, 0.3) is 0 Å². The highest BCUT2D eigenvalue weighted by atomic mass is 16.3. The van der Waals surface area contributed by atoms with Gasteiger partial charge in [0, 0.05) is 22.3 Å². The average molecular weight is 664 g/mol. The van der Waals surface area contributed by atoms with E-state index in [4.69, 9.17) is 4.42 Å². The molecule has 0 aliphatic rings. The van der Waals surface area contributed by atoms with Crippen LogP contribution in [0.2, 0.25) is 0 Å². The quantitative estimate of drug-likeness (QED) is 0.165. The van der Waals surface area contributed by atoms with Gasteiger partial charge < -0.3 is 9.32 Å². The van der Waals surface area contributed by atoms with E-state index in [1.54, 1.807) is 0 Å². The van der Waals surface area contributed by atoms with E-state index in [0.717, 1.165) is 50.1 Å². The van der Waals surface area contributed by atoms with Gasteiger partial charge in [0.15, 0.2) is 0 Å². The van der Waals surface area contributed by atoms with E-state index < -0.39 is 0 Å². The van der Waals surface area contributed by atoms with Gasteiger partial charge >= 0.3 is 0 Å². The number of benzene rings is 9. The number of hydrogen-bond donors (Lipinski definition) is 0. The van der Waals surface area contributed by atoms with Crippen LogP contribution in [0.5, 0.6) is 0 Å². The molecule has 0 aliphatic carbocycles. The molecule has 52 heavy (non-hydrogen) atoms. The molecule has 10 aromatic rings. The Morgan fingerprint density at radius 2 is 0.923 bits per heavy atom. The summed E-state index contributed by atoms with van der Waals surface area (Å²) in [6.45, 7) is 0. The highest BCUT2D eigenvalue weighted by Crippen LogP contribution is 2.47. The number of para-hydroxylation sites is 1. The number of furan rings is 1. The second kappa shape index (κ2) is 12.5. The van der Waals surface area contributed by atoms with Crippen molar-refractivity contribution in [2.45, 2.75) is 0 Å². The minimum Gasteiger partial charge on any atom is -0.455 e. The first-order valence-corrected chi connectivity index (χ1v) is 17.8. The van der Waals surface area contributed by atoms with Gasteiger partial charge in [0.2, 0.25) is 0 Å². The molecule has 0 bridgehead atoms. The molecule has 0 amide bonds. The van der Waals surface area contributed by atoms with Crippen molar-refractivity contribution in [3.8, 4) is 33.4 Å². The Labute approximate surface area is 302 Å². The first kappa shape index (κ1) is 30.0. The van der Waals surface area contributed by atoms with Crippen LogP contribution in [0.4, 0.5) is 17.1 Å². The summed E-state index contributed by atoms with van der Waals surface area (Å²) in [5.74, 6) is 0. The molecule has 2 nitrogen and oxygen atoms in total. The fourth-order valence-corrected chi connectivity index (χ4v) is 7.71. The molecule has 0 atom stereocenters. The molecule has 10 rings (SSSR count). The zero-order valence-electron chi connectivity index (χ0n) is 28.4. The van der Waals surface area contributed by atoms with Crippen LogP contribution in [0, 0.1) is 0 Å². The maximum absolute atomic E-state index is 6.73. The second-order valence-electron chi connectivity index (χ2n) is 13.3. The van der Waals surface area contributed by atoms with E-state index in [2.05, 4.69) is 199 Å². The van der Waals surface area contributed by atoms with Gasteiger partial charge in [-0.15, -0.1) is 0 Å². The summed E-state index contributed by atoms with van der Waals surface area (Å²) in [4.78, 5) is 2.39. The van der Waals surface area contributed by atoms with E-state index in [0.29, 0.717) is 0 Å². The second-order valence-corrected chi connectivity index (χ2v) is 13.3. The molecule has 1 aromatic heterocycles. The number of anilines is 3. The molecule has 2 heteroatoms. The Bertz CT molecular complexity index is 2890. The summed E-state index contributed by atoms with van der Waals surface area (Å²) in [5, 5.41) is 7.11. The lowest BCUT2D eigenvalue weighted by Gasteiger charge is -2.27. The fourth-order valence-electron chi connectivity index (χ4n) is 7.71. The van der Waals surface area contributed by atoms with Crippen molar-refractivity contribution in [2.75, 3.05) is 4.90 Å².